The first kappa shape index (κ1) is 41.8. The van der Waals surface area contributed by atoms with Gasteiger partial charge in [0.25, 0.3) is 5.69 Å². The van der Waals surface area contributed by atoms with Crippen molar-refractivity contribution >= 4 is 51.2 Å². The van der Waals surface area contributed by atoms with Gasteiger partial charge in [-0.25, -0.2) is 13.1 Å². The summed E-state index contributed by atoms with van der Waals surface area (Å²) in [6.45, 7) is 10.7. The highest BCUT2D eigenvalue weighted by atomic mass is 35.5. The molecule has 1 aliphatic heterocycles. The van der Waals surface area contributed by atoms with Crippen LogP contribution in [0.2, 0.25) is 5.02 Å². The number of nitro benzene ring substituents is 1. The molecule has 2 heterocycles. The van der Waals surface area contributed by atoms with Gasteiger partial charge in [-0.3, -0.25) is 14.9 Å². The molecule has 5 rings (SSSR count). The average Bonchev–Trinajstić information content (AvgIpc) is 3.44. The Morgan fingerprint density at radius 1 is 1.00 bits per heavy atom. The zero-order valence-corrected chi connectivity index (χ0v) is 33.9. The Morgan fingerprint density at radius 2 is 1.68 bits per heavy atom. The summed E-state index contributed by atoms with van der Waals surface area (Å²) in [5.41, 5.74) is 6.31. The summed E-state index contributed by atoms with van der Waals surface area (Å²) in [5.74, 6) is 0. The van der Waals surface area contributed by atoms with E-state index in [1.807, 2.05) is 93.7 Å². The maximum atomic E-state index is 13.1. The standard InChI is InChI=1S/C42H45ClN6O5S2/c1-5-11-34(13-10-24-44-56(53,54)37-21-23-40(41(29-37)49(51)52)45-55-36-14-8-7-9-15-36)47-25-27-48(28-26-47)35(12-6-2)20-22-38-39(30-50)31(3)46(4)42(38)32-16-18-33(43)19-17-32/h5-21,23,29-30,44-45H,1,22,24-28H2,2-4H3/b12-6-,13-10-,34-11+,35-20+. The zero-order chi connectivity index (χ0) is 40.2. The first-order chi connectivity index (χ1) is 27.0. The highest BCUT2D eigenvalue weighted by molar-refractivity contribution is 8.00. The first-order valence-electron chi connectivity index (χ1n) is 17.9. The van der Waals surface area contributed by atoms with Crippen molar-refractivity contribution in [1.82, 2.24) is 19.1 Å². The van der Waals surface area contributed by atoms with E-state index in [-0.39, 0.29) is 22.8 Å². The Bertz CT molecular complexity index is 2280. The van der Waals surface area contributed by atoms with Crippen LogP contribution in [0.3, 0.4) is 0 Å². The maximum Gasteiger partial charge on any atom is 0.294 e. The Hall–Kier alpha value is -5.34. The lowest BCUT2D eigenvalue weighted by molar-refractivity contribution is -0.384. The molecule has 1 saturated heterocycles. The van der Waals surface area contributed by atoms with Gasteiger partial charge < -0.3 is 19.1 Å². The lowest BCUT2D eigenvalue weighted by atomic mass is 10.0. The predicted molar refractivity (Wildman–Crippen MR) is 227 cm³/mol. The van der Waals surface area contributed by atoms with Crippen LogP contribution in [0.1, 0.15) is 28.5 Å². The van der Waals surface area contributed by atoms with Crippen LogP contribution in [0.5, 0.6) is 0 Å². The number of piperazine rings is 1. The monoisotopic (exact) mass is 812 g/mol. The lowest BCUT2D eigenvalue weighted by Crippen LogP contribution is -2.44. The highest BCUT2D eigenvalue weighted by Gasteiger charge is 2.23. The molecular formula is C42H45ClN6O5S2. The molecule has 0 spiro atoms. The van der Waals surface area contributed by atoms with Crippen molar-refractivity contribution in [2.24, 2.45) is 7.05 Å². The van der Waals surface area contributed by atoms with Crippen molar-refractivity contribution < 1.29 is 18.1 Å². The number of rotatable bonds is 17. The topological polar surface area (TPSA) is 130 Å². The van der Waals surface area contributed by atoms with E-state index in [1.54, 1.807) is 12.2 Å². The third-order valence-electron chi connectivity index (χ3n) is 9.40. The van der Waals surface area contributed by atoms with Gasteiger partial charge in [-0.15, -0.1) is 0 Å². The normalized spacial score (nSPS) is 14.1. The molecule has 1 fully saturated rings. The van der Waals surface area contributed by atoms with Crippen LogP contribution in [-0.2, 0) is 23.5 Å². The van der Waals surface area contributed by atoms with Gasteiger partial charge >= 0.3 is 0 Å². The molecule has 0 saturated carbocycles. The van der Waals surface area contributed by atoms with Crippen LogP contribution in [-0.4, -0.2) is 66.7 Å². The number of nitrogens with one attached hydrogen (secondary N) is 2. The Labute approximate surface area is 338 Å². The second-order valence-electron chi connectivity index (χ2n) is 12.9. The van der Waals surface area contributed by atoms with Gasteiger partial charge in [-0.05, 0) is 98.0 Å². The number of aldehydes is 1. The minimum absolute atomic E-state index is 0.0254. The number of carbonyl (C=O) groups excluding carboxylic acids is 1. The number of allylic oxidation sites excluding steroid dienone is 6. The Balaban J connectivity index is 1.22. The van der Waals surface area contributed by atoms with E-state index in [0.717, 1.165) is 64.2 Å². The zero-order valence-electron chi connectivity index (χ0n) is 31.5. The molecule has 0 atom stereocenters. The summed E-state index contributed by atoms with van der Waals surface area (Å²) in [4.78, 5) is 28.7. The van der Waals surface area contributed by atoms with Gasteiger partial charge in [0.15, 0.2) is 6.29 Å². The van der Waals surface area contributed by atoms with Crippen molar-refractivity contribution in [3.63, 3.8) is 0 Å². The molecule has 3 aromatic carbocycles. The largest absolute Gasteiger partial charge is 0.368 e. The Morgan fingerprint density at radius 3 is 2.30 bits per heavy atom. The van der Waals surface area contributed by atoms with E-state index in [0.29, 0.717) is 30.1 Å². The number of anilines is 1. The number of benzene rings is 3. The molecule has 0 amide bonds. The van der Waals surface area contributed by atoms with Crippen molar-refractivity contribution in [3.8, 4) is 11.3 Å². The minimum Gasteiger partial charge on any atom is -0.368 e. The van der Waals surface area contributed by atoms with E-state index in [9.17, 15) is 23.3 Å². The van der Waals surface area contributed by atoms with Gasteiger partial charge in [0.2, 0.25) is 10.0 Å². The molecule has 0 bridgehead atoms. The Kier molecular flexibility index (Phi) is 14.6. The van der Waals surface area contributed by atoms with E-state index in [4.69, 9.17) is 11.6 Å². The fourth-order valence-electron chi connectivity index (χ4n) is 6.46. The van der Waals surface area contributed by atoms with Gasteiger partial charge in [0.05, 0.1) is 15.5 Å². The summed E-state index contributed by atoms with van der Waals surface area (Å²) < 4.78 is 33.8. The molecule has 14 heteroatoms. The second-order valence-corrected chi connectivity index (χ2v) is 15.9. The molecule has 2 N–H and O–H groups in total. The van der Waals surface area contributed by atoms with Crippen LogP contribution in [0, 0.1) is 17.0 Å². The van der Waals surface area contributed by atoms with Crippen LogP contribution >= 0.6 is 23.5 Å². The first-order valence-corrected chi connectivity index (χ1v) is 20.6. The predicted octanol–water partition coefficient (Wildman–Crippen LogP) is 8.72. The SMILES string of the molecule is C=C/C=C(\C=C/CNS(=O)(=O)c1ccc(NSc2ccccc2)c([N+](=O)[O-])c1)N1CCN(C(/C=C\C)=C/Cc2c(C=O)c(C)n(C)c2-c2ccc(Cl)cc2)CC1. The summed E-state index contributed by atoms with van der Waals surface area (Å²) >= 11 is 7.37. The van der Waals surface area contributed by atoms with E-state index in [1.165, 1.54) is 24.1 Å². The number of halogens is 1. The van der Waals surface area contributed by atoms with E-state index in [2.05, 4.69) is 42.5 Å². The molecular weight excluding hydrogens is 768 g/mol. The van der Waals surface area contributed by atoms with Crippen molar-refractivity contribution in [2.45, 2.75) is 30.1 Å². The summed E-state index contributed by atoms with van der Waals surface area (Å²) in [5, 5.41) is 12.5. The van der Waals surface area contributed by atoms with Gasteiger partial charge in [-0.2, -0.15) is 0 Å². The number of hydrogen-bond acceptors (Lipinski definition) is 9. The third-order valence-corrected chi connectivity index (χ3v) is 11.9. The number of carbonyl (C=O) groups is 1. The second kappa shape index (κ2) is 19.5. The van der Waals surface area contributed by atoms with Crippen LogP contribution in [0.15, 0.2) is 143 Å². The number of hydrogen-bond donors (Lipinski definition) is 2. The number of sulfonamides is 1. The van der Waals surface area contributed by atoms with E-state index < -0.39 is 14.9 Å². The molecule has 1 aliphatic rings. The molecule has 4 aromatic rings. The molecule has 0 aliphatic carbocycles. The molecule has 56 heavy (non-hydrogen) atoms. The maximum absolute atomic E-state index is 13.1. The minimum atomic E-state index is -4.05. The van der Waals surface area contributed by atoms with Crippen molar-refractivity contribution in [2.75, 3.05) is 37.4 Å². The fourth-order valence-corrected chi connectivity index (χ4v) is 8.28. The van der Waals surface area contributed by atoms with E-state index >= 15 is 0 Å². The third kappa shape index (κ3) is 10.3. The number of nitrogens with zero attached hydrogens (tertiary/aromatic N) is 4. The number of nitro groups is 1. The van der Waals surface area contributed by atoms with Crippen LogP contribution in [0.4, 0.5) is 11.4 Å². The van der Waals surface area contributed by atoms with Crippen molar-refractivity contribution in [1.29, 1.82) is 0 Å². The smallest absolute Gasteiger partial charge is 0.294 e. The number of aromatic nitrogens is 1. The quantitative estimate of drug-likeness (QED) is 0.0354. The molecule has 11 nitrogen and oxygen atoms in total. The van der Waals surface area contributed by atoms with Gasteiger partial charge in [0.1, 0.15) is 5.69 Å². The molecule has 0 radical (unpaired) electrons. The highest BCUT2D eigenvalue weighted by Crippen LogP contribution is 2.33. The van der Waals surface area contributed by atoms with Gasteiger partial charge in [0, 0.05) is 78.4 Å². The average molecular weight is 813 g/mol. The molecule has 1 aromatic heterocycles. The molecule has 0 unspecified atom stereocenters. The lowest BCUT2D eigenvalue weighted by Gasteiger charge is -2.38. The summed E-state index contributed by atoms with van der Waals surface area (Å²) in [6, 6.07) is 20.7. The van der Waals surface area contributed by atoms with Gasteiger partial charge in [-0.1, -0.05) is 72.8 Å². The fraction of sp³-hybridized carbons (Fsp3) is 0.214. The summed E-state index contributed by atoms with van der Waals surface area (Å²) in [6.07, 6.45) is 14.9. The molecule has 292 valence electrons. The summed E-state index contributed by atoms with van der Waals surface area (Å²) in [7, 11) is -2.07. The van der Waals surface area contributed by atoms with Crippen LogP contribution < -0.4 is 9.44 Å². The van der Waals surface area contributed by atoms with Crippen molar-refractivity contribution in [3.05, 3.63) is 165 Å². The van der Waals surface area contributed by atoms with Crippen LogP contribution in [0.25, 0.3) is 11.3 Å².